The second kappa shape index (κ2) is 15.3. The molecular formula is C39H44F3N3O. The van der Waals surface area contributed by atoms with E-state index in [1.165, 1.54) is 47.7 Å². The Morgan fingerprint density at radius 1 is 1.02 bits per heavy atom. The molecule has 1 aliphatic rings. The number of rotatable bonds is 10. The quantitative estimate of drug-likeness (QED) is 0.136. The van der Waals surface area contributed by atoms with E-state index < -0.39 is 17.7 Å². The molecule has 4 aromatic carbocycles. The number of carbonyl (C=O) groups excluding carboxylic acids is 1. The molecule has 0 saturated heterocycles. The number of carbonyl (C=O) groups is 1. The number of nitrogens with zero attached hydrogens (tertiary/aromatic N) is 1. The van der Waals surface area contributed by atoms with Gasteiger partial charge in [0, 0.05) is 30.9 Å². The van der Waals surface area contributed by atoms with Gasteiger partial charge in [-0.15, -0.1) is 0 Å². The van der Waals surface area contributed by atoms with Crippen LogP contribution in [0.25, 0.3) is 10.8 Å². The Bertz CT molecular complexity index is 1700. The Morgan fingerprint density at radius 2 is 1.74 bits per heavy atom. The molecule has 5 rings (SSSR count). The molecule has 1 fully saturated rings. The van der Waals surface area contributed by atoms with Crippen LogP contribution in [0.2, 0.25) is 0 Å². The fraction of sp³-hybridized carbons (Fsp3) is 0.308. The molecule has 1 aliphatic carbocycles. The van der Waals surface area contributed by atoms with Crippen molar-refractivity contribution in [1.29, 1.82) is 0 Å². The van der Waals surface area contributed by atoms with Crippen molar-refractivity contribution in [3.8, 4) is 0 Å². The second-order valence-electron chi connectivity index (χ2n) is 11.9. The zero-order valence-electron chi connectivity index (χ0n) is 27.1. The van der Waals surface area contributed by atoms with Crippen LogP contribution in [0.4, 0.5) is 24.5 Å². The van der Waals surface area contributed by atoms with Gasteiger partial charge in [-0.2, -0.15) is 13.2 Å². The third-order valence-electron chi connectivity index (χ3n) is 8.60. The maximum absolute atomic E-state index is 13.5. The van der Waals surface area contributed by atoms with E-state index in [0.717, 1.165) is 34.9 Å². The number of amides is 1. The van der Waals surface area contributed by atoms with Gasteiger partial charge in [-0.3, -0.25) is 4.79 Å². The van der Waals surface area contributed by atoms with Gasteiger partial charge in [0.25, 0.3) is 5.91 Å². The van der Waals surface area contributed by atoms with E-state index in [1.807, 2.05) is 36.4 Å². The van der Waals surface area contributed by atoms with Crippen LogP contribution in [0.15, 0.2) is 109 Å². The Hall–Kier alpha value is -4.36. The summed E-state index contributed by atoms with van der Waals surface area (Å²) < 4.78 is 40.3. The van der Waals surface area contributed by atoms with Crippen molar-refractivity contribution >= 4 is 28.1 Å². The lowest BCUT2D eigenvalue weighted by Crippen LogP contribution is -2.29. The molecule has 0 radical (unpaired) electrons. The fourth-order valence-corrected chi connectivity index (χ4v) is 5.53. The van der Waals surface area contributed by atoms with Crippen molar-refractivity contribution < 1.29 is 18.0 Å². The molecule has 0 aliphatic heterocycles. The van der Waals surface area contributed by atoms with Gasteiger partial charge >= 0.3 is 6.18 Å². The van der Waals surface area contributed by atoms with Crippen LogP contribution in [-0.2, 0) is 17.8 Å². The van der Waals surface area contributed by atoms with Gasteiger partial charge in [0.1, 0.15) is 5.70 Å². The third kappa shape index (κ3) is 8.67. The first-order valence-corrected chi connectivity index (χ1v) is 15.9. The molecular weight excluding hydrogens is 583 g/mol. The van der Waals surface area contributed by atoms with Crippen molar-refractivity contribution in [2.24, 2.45) is 11.7 Å². The zero-order chi connectivity index (χ0) is 33.4. The minimum absolute atomic E-state index is 0.00889. The van der Waals surface area contributed by atoms with Gasteiger partial charge in [0.2, 0.25) is 0 Å². The molecule has 4 aromatic rings. The van der Waals surface area contributed by atoms with E-state index in [1.54, 1.807) is 24.3 Å². The number of aryl methyl sites for hydroxylation is 1. The number of allylic oxidation sites excluding steroid dienone is 2. The summed E-state index contributed by atoms with van der Waals surface area (Å²) in [6.07, 6.45) is 1.39. The van der Waals surface area contributed by atoms with Crippen LogP contribution in [0.3, 0.4) is 0 Å². The number of hydrogen-bond donors (Lipinski definition) is 2. The number of nitrogens with two attached hydrogens (primary N) is 1. The molecule has 46 heavy (non-hydrogen) atoms. The van der Waals surface area contributed by atoms with E-state index in [9.17, 15) is 18.0 Å². The van der Waals surface area contributed by atoms with E-state index >= 15 is 0 Å². The maximum Gasteiger partial charge on any atom is 0.415 e. The van der Waals surface area contributed by atoms with E-state index in [-0.39, 0.29) is 18.2 Å². The van der Waals surface area contributed by atoms with Gasteiger partial charge in [-0.1, -0.05) is 107 Å². The minimum atomic E-state index is -4.68. The molecule has 0 spiro atoms. The highest BCUT2D eigenvalue weighted by molar-refractivity contribution is 6.06. The lowest BCUT2D eigenvalue weighted by Gasteiger charge is -2.24. The largest absolute Gasteiger partial charge is 0.415 e. The third-order valence-corrected chi connectivity index (χ3v) is 8.60. The average molecular weight is 628 g/mol. The lowest BCUT2D eigenvalue weighted by molar-refractivity contribution is -0.112. The molecule has 3 N–H and O–H groups in total. The number of hydrogen-bond acceptors (Lipinski definition) is 3. The first-order valence-electron chi connectivity index (χ1n) is 15.9. The second-order valence-corrected chi connectivity index (χ2v) is 11.9. The molecule has 4 nitrogen and oxygen atoms in total. The predicted molar refractivity (Wildman–Crippen MR) is 185 cm³/mol. The Labute approximate surface area is 270 Å². The maximum atomic E-state index is 13.5. The standard InChI is InChI=1S/C34H34F3N3O.C5H10/c1-5-25-16-17-26-11-6-7-15-30(26)32(25)23(3)27-12-9-13-28(20-27)39-33(41)31(18-22(2)34(35,36)37)40(4)29-14-8-10-24(19-29)21-38;1-2-5-3-4-5/h6-20,23H,2,5,21,38H2,1,3-4H3,(H,39,41);5H,2-4H2,1H3/b31-18-;. The van der Waals surface area contributed by atoms with E-state index in [0.29, 0.717) is 11.4 Å². The molecule has 1 atom stereocenters. The first kappa shape index (κ1) is 34.5. The Kier molecular flexibility index (Phi) is 11.5. The van der Waals surface area contributed by atoms with Crippen molar-refractivity contribution in [2.45, 2.75) is 65.1 Å². The summed E-state index contributed by atoms with van der Waals surface area (Å²) in [6, 6.07) is 26.9. The van der Waals surface area contributed by atoms with Gasteiger partial charge < -0.3 is 16.0 Å². The van der Waals surface area contributed by atoms with Gasteiger partial charge in [0.15, 0.2) is 0 Å². The summed E-state index contributed by atoms with van der Waals surface area (Å²) in [4.78, 5) is 14.9. The predicted octanol–water partition coefficient (Wildman–Crippen LogP) is 9.90. The Morgan fingerprint density at radius 3 is 2.37 bits per heavy atom. The topological polar surface area (TPSA) is 58.4 Å². The summed E-state index contributed by atoms with van der Waals surface area (Å²) in [6.45, 7) is 9.91. The molecule has 1 amide bonds. The van der Waals surface area contributed by atoms with Crippen LogP contribution in [-0.4, -0.2) is 19.1 Å². The highest BCUT2D eigenvalue weighted by atomic mass is 19.4. The monoisotopic (exact) mass is 627 g/mol. The van der Waals surface area contributed by atoms with Crippen molar-refractivity contribution in [3.63, 3.8) is 0 Å². The number of anilines is 2. The number of nitrogens with one attached hydrogen (secondary N) is 1. The summed E-state index contributed by atoms with van der Waals surface area (Å²) >= 11 is 0. The normalized spacial score (nSPS) is 13.9. The molecule has 1 saturated carbocycles. The highest BCUT2D eigenvalue weighted by Crippen LogP contribution is 2.35. The fourth-order valence-electron chi connectivity index (χ4n) is 5.53. The minimum Gasteiger partial charge on any atom is -0.340 e. The highest BCUT2D eigenvalue weighted by Gasteiger charge is 2.32. The number of alkyl halides is 3. The summed E-state index contributed by atoms with van der Waals surface area (Å²) in [5.74, 6) is 0.449. The van der Waals surface area contributed by atoms with Gasteiger partial charge in [-0.05, 0) is 75.7 Å². The number of fused-ring (bicyclic) bond motifs is 1. The molecule has 7 heteroatoms. The summed E-state index contributed by atoms with van der Waals surface area (Å²) in [7, 11) is 1.54. The zero-order valence-corrected chi connectivity index (χ0v) is 27.1. The van der Waals surface area contributed by atoms with Crippen LogP contribution >= 0.6 is 0 Å². The molecule has 242 valence electrons. The van der Waals surface area contributed by atoms with Crippen LogP contribution in [0, 0.1) is 5.92 Å². The first-order chi connectivity index (χ1) is 22.0. The van der Waals surface area contributed by atoms with Crippen LogP contribution in [0.5, 0.6) is 0 Å². The number of benzene rings is 4. The number of likely N-dealkylation sites (N-methyl/N-ethyl adjacent to an activating group) is 1. The summed E-state index contributed by atoms with van der Waals surface area (Å²) in [5, 5.41) is 5.13. The van der Waals surface area contributed by atoms with Crippen molar-refractivity contribution in [3.05, 3.63) is 131 Å². The van der Waals surface area contributed by atoms with Gasteiger partial charge in [-0.25, -0.2) is 0 Å². The van der Waals surface area contributed by atoms with Crippen molar-refractivity contribution in [1.82, 2.24) is 0 Å². The number of halogens is 3. The molecule has 0 heterocycles. The van der Waals surface area contributed by atoms with Crippen LogP contribution in [0.1, 0.15) is 68.2 Å². The SMILES string of the molecule is C=C(/C=C(/C(=O)Nc1cccc(C(C)c2c(CC)ccc3ccccc23)c1)N(C)c1cccc(CN)c1)C(F)(F)F.CCC1CC1. The van der Waals surface area contributed by atoms with E-state index in [2.05, 4.69) is 56.9 Å². The van der Waals surface area contributed by atoms with E-state index in [4.69, 9.17) is 5.73 Å². The summed E-state index contributed by atoms with van der Waals surface area (Å²) in [5.41, 5.74) is 9.63. The van der Waals surface area contributed by atoms with Crippen LogP contribution < -0.4 is 16.0 Å². The smallest absolute Gasteiger partial charge is 0.340 e. The van der Waals surface area contributed by atoms with Crippen molar-refractivity contribution in [2.75, 3.05) is 17.3 Å². The van der Waals surface area contributed by atoms with Gasteiger partial charge in [0.05, 0.1) is 5.57 Å². The Balaban J connectivity index is 0.000000874. The molecule has 1 unspecified atom stereocenters. The average Bonchev–Trinajstić information content (AvgIpc) is 3.91. The molecule has 0 bridgehead atoms. The lowest BCUT2D eigenvalue weighted by atomic mass is 9.85. The molecule has 0 aromatic heterocycles.